The van der Waals surface area contributed by atoms with Crippen LogP contribution >= 0.6 is 22.6 Å². The molecule has 0 unspecified atom stereocenters. The van der Waals surface area contributed by atoms with E-state index in [2.05, 4.69) is 4.74 Å². The maximum Gasteiger partial charge on any atom is 0.379 e. The van der Waals surface area contributed by atoms with Gasteiger partial charge in [-0.2, -0.15) is 0 Å². The summed E-state index contributed by atoms with van der Waals surface area (Å²) in [7, 11) is 1.28. The molecule has 0 fully saturated rings. The summed E-state index contributed by atoms with van der Waals surface area (Å²) in [5, 5.41) is 0. The van der Waals surface area contributed by atoms with Gasteiger partial charge < -0.3 is 9.47 Å². The summed E-state index contributed by atoms with van der Waals surface area (Å²) in [5.74, 6) is -3.02. The predicted octanol–water partition coefficient (Wildman–Crippen LogP) is 2.18. The number of halogens is 2. The zero-order valence-electron chi connectivity index (χ0n) is 9.25. The van der Waals surface area contributed by atoms with E-state index in [4.69, 9.17) is 4.74 Å². The first-order valence-electron chi connectivity index (χ1n) is 4.75. The summed E-state index contributed by atoms with van der Waals surface area (Å²) < 4.78 is 23.6. The molecule has 0 radical (unpaired) electrons. The van der Waals surface area contributed by atoms with Gasteiger partial charge in [-0.15, -0.1) is 0 Å². The Kier molecular flexibility index (Phi) is 4.86. The van der Waals surface area contributed by atoms with Crippen LogP contribution in [-0.2, 0) is 9.53 Å². The second-order valence-electron chi connectivity index (χ2n) is 3.02. The van der Waals surface area contributed by atoms with Gasteiger partial charge in [-0.25, -0.2) is 9.18 Å². The van der Waals surface area contributed by atoms with Crippen molar-refractivity contribution in [1.82, 2.24) is 0 Å². The molecule has 1 rings (SSSR count). The third-order valence-electron chi connectivity index (χ3n) is 1.93. The molecule has 0 heterocycles. The minimum absolute atomic E-state index is 0.0628. The van der Waals surface area contributed by atoms with Crippen molar-refractivity contribution in [2.24, 2.45) is 0 Å². The van der Waals surface area contributed by atoms with Crippen molar-refractivity contribution in [3.63, 3.8) is 0 Å². The van der Waals surface area contributed by atoms with Crippen molar-refractivity contribution in [1.29, 1.82) is 0 Å². The van der Waals surface area contributed by atoms with Crippen LogP contribution in [0.25, 0.3) is 0 Å². The topological polar surface area (TPSA) is 52.6 Å². The molecule has 0 aliphatic rings. The van der Waals surface area contributed by atoms with Crippen molar-refractivity contribution in [2.75, 3.05) is 13.7 Å². The lowest BCUT2D eigenvalue weighted by Gasteiger charge is -2.07. The molecule has 0 N–H and O–H groups in total. The molecule has 0 aromatic heterocycles. The molecule has 1 aromatic carbocycles. The highest BCUT2D eigenvalue weighted by molar-refractivity contribution is 14.1. The molecule has 0 spiro atoms. The van der Waals surface area contributed by atoms with Gasteiger partial charge in [0.25, 0.3) is 5.78 Å². The Bertz CT molecular complexity index is 459. The highest BCUT2D eigenvalue weighted by atomic mass is 127. The van der Waals surface area contributed by atoms with Crippen molar-refractivity contribution < 1.29 is 23.5 Å². The number of ether oxygens (including phenoxy) is 2. The second-order valence-corrected chi connectivity index (χ2v) is 4.26. The molecule has 0 bridgehead atoms. The number of hydrogen-bond donors (Lipinski definition) is 0. The van der Waals surface area contributed by atoms with Gasteiger partial charge in [-0.3, -0.25) is 4.79 Å². The highest BCUT2D eigenvalue weighted by Gasteiger charge is 2.24. The molecule has 92 valence electrons. The molecular weight excluding hydrogens is 342 g/mol. The van der Waals surface area contributed by atoms with Crippen LogP contribution in [0.3, 0.4) is 0 Å². The largest absolute Gasteiger partial charge is 0.494 e. The van der Waals surface area contributed by atoms with E-state index in [1.54, 1.807) is 6.92 Å². The molecule has 17 heavy (non-hydrogen) atoms. The summed E-state index contributed by atoms with van der Waals surface area (Å²) in [5.41, 5.74) is -0.341. The standard InChI is InChI=1S/C11H10FIO4/c1-3-17-11(15)10(14)7-4-6(13)5-8(16-2)9(7)12/h4-5H,3H2,1-2H3. The first-order chi connectivity index (χ1) is 8.01. The van der Waals surface area contributed by atoms with Crippen molar-refractivity contribution in [2.45, 2.75) is 6.92 Å². The minimum Gasteiger partial charge on any atom is -0.494 e. The molecule has 0 saturated carbocycles. The first kappa shape index (κ1) is 13.9. The normalized spacial score (nSPS) is 9.88. The summed E-state index contributed by atoms with van der Waals surface area (Å²) in [6.07, 6.45) is 0. The molecule has 0 saturated heterocycles. The van der Waals surface area contributed by atoms with Crippen LogP contribution in [0.5, 0.6) is 5.75 Å². The number of methoxy groups -OCH3 is 1. The number of ketones is 1. The number of benzene rings is 1. The van der Waals surface area contributed by atoms with Crippen molar-refractivity contribution in [3.05, 3.63) is 27.1 Å². The van der Waals surface area contributed by atoms with E-state index in [1.165, 1.54) is 19.2 Å². The van der Waals surface area contributed by atoms with Gasteiger partial charge in [0.2, 0.25) is 0 Å². The SMILES string of the molecule is CCOC(=O)C(=O)c1cc(I)cc(OC)c1F. The van der Waals surface area contributed by atoms with Crippen LogP contribution in [0.4, 0.5) is 4.39 Å². The average molecular weight is 352 g/mol. The van der Waals surface area contributed by atoms with Crippen molar-refractivity contribution in [3.8, 4) is 5.75 Å². The summed E-state index contributed by atoms with van der Waals surface area (Å²) in [4.78, 5) is 22.8. The fraction of sp³-hybridized carbons (Fsp3) is 0.273. The van der Waals surface area contributed by atoms with Crippen LogP contribution in [0.2, 0.25) is 0 Å². The summed E-state index contributed by atoms with van der Waals surface area (Å²) >= 11 is 1.90. The number of hydrogen-bond acceptors (Lipinski definition) is 4. The number of carbonyl (C=O) groups excluding carboxylic acids is 2. The van der Waals surface area contributed by atoms with E-state index >= 15 is 0 Å². The zero-order chi connectivity index (χ0) is 13.0. The van der Waals surface area contributed by atoms with Gasteiger partial charge >= 0.3 is 5.97 Å². The molecule has 0 amide bonds. The minimum atomic E-state index is -1.07. The fourth-order valence-corrected chi connectivity index (χ4v) is 1.78. The number of Topliss-reactive ketones (excluding diaryl/α,β-unsaturated/α-hetero) is 1. The van der Waals surface area contributed by atoms with Crippen LogP contribution in [0, 0.1) is 9.39 Å². The fourth-order valence-electron chi connectivity index (χ4n) is 1.18. The third-order valence-corrected chi connectivity index (χ3v) is 2.55. The van der Waals surface area contributed by atoms with Gasteiger partial charge in [0, 0.05) is 3.57 Å². The quantitative estimate of drug-likeness (QED) is 0.361. The van der Waals surface area contributed by atoms with E-state index in [-0.39, 0.29) is 17.9 Å². The van der Waals surface area contributed by atoms with Gasteiger partial charge in [0.1, 0.15) is 0 Å². The molecule has 0 aliphatic heterocycles. The first-order valence-corrected chi connectivity index (χ1v) is 5.83. The Morgan fingerprint density at radius 3 is 2.59 bits per heavy atom. The van der Waals surface area contributed by atoms with Crippen LogP contribution in [-0.4, -0.2) is 25.5 Å². The van der Waals surface area contributed by atoms with Gasteiger partial charge in [-0.05, 0) is 41.6 Å². The van der Waals surface area contributed by atoms with Crippen LogP contribution in [0.1, 0.15) is 17.3 Å². The Morgan fingerprint density at radius 2 is 2.06 bits per heavy atom. The number of rotatable bonds is 4. The van der Waals surface area contributed by atoms with E-state index in [1.807, 2.05) is 22.6 Å². The van der Waals surface area contributed by atoms with E-state index in [0.29, 0.717) is 3.57 Å². The highest BCUT2D eigenvalue weighted by Crippen LogP contribution is 2.24. The summed E-state index contributed by atoms with van der Waals surface area (Å²) in [6.45, 7) is 1.63. The molecule has 1 aromatic rings. The Morgan fingerprint density at radius 1 is 1.41 bits per heavy atom. The lowest BCUT2D eigenvalue weighted by Crippen LogP contribution is -2.19. The lowest BCUT2D eigenvalue weighted by atomic mass is 10.1. The van der Waals surface area contributed by atoms with Gasteiger partial charge in [0.15, 0.2) is 11.6 Å². The molecular formula is C11H10FIO4. The monoisotopic (exact) mass is 352 g/mol. The van der Waals surface area contributed by atoms with Gasteiger partial charge in [0.05, 0.1) is 19.3 Å². The van der Waals surface area contributed by atoms with Crippen LogP contribution < -0.4 is 4.74 Å². The van der Waals surface area contributed by atoms with E-state index < -0.39 is 17.6 Å². The third kappa shape index (κ3) is 3.15. The smallest absolute Gasteiger partial charge is 0.379 e. The zero-order valence-corrected chi connectivity index (χ0v) is 11.4. The maximum absolute atomic E-state index is 13.7. The lowest BCUT2D eigenvalue weighted by molar-refractivity contribution is -0.137. The van der Waals surface area contributed by atoms with Crippen molar-refractivity contribution >= 4 is 34.3 Å². The Labute approximate surface area is 111 Å². The molecule has 6 heteroatoms. The van der Waals surface area contributed by atoms with E-state index in [0.717, 1.165) is 0 Å². The van der Waals surface area contributed by atoms with E-state index in [9.17, 15) is 14.0 Å². The predicted molar refractivity (Wildman–Crippen MR) is 66.6 cm³/mol. The second kappa shape index (κ2) is 5.95. The molecule has 4 nitrogen and oxygen atoms in total. The summed E-state index contributed by atoms with van der Waals surface area (Å²) in [6, 6.07) is 2.70. The molecule has 0 aliphatic carbocycles. The average Bonchev–Trinajstić information content (AvgIpc) is 2.31. The number of esters is 1. The van der Waals surface area contributed by atoms with Gasteiger partial charge in [-0.1, -0.05) is 0 Å². The number of carbonyl (C=O) groups is 2. The maximum atomic E-state index is 13.7. The molecule has 0 atom stereocenters. The Hall–Kier alpha value is -1.18. The Balaban J connectivity index is 3.17. The van der Waals surface area contributed by atoms with Crippen LogP contribution in [0.15, 0.2) is 12.1 Å².